The SMILES string of the molecule is NC(=O)c1ccccc1NS(=O)(=O)c1ccc(F)cc1N. The van der Waals surface area contributed by atoms with Gasteiger partial charge in [-0.05, 0) is 30.3 Å². The number of halogens is 1. The molecule has 5 N–H and O–H groups in total. The minimum Gasteiger partial charge on any atom is -0.398 e. The third-order valence-electron chi connectivity index (χ3n) is 2.70. The summed E-state index contributed by atoms with van der Waals surface area (Å²) >= 11 is 0. The lowest BCUT2D eigenvalue weighted by Crippen LogP contribution is -2.19. The molecule has 21 heavy (non-hydrogen) atoms. The van der Waals surface area contributed by atoms with Gasteiger partial charge >= 0.3 is 0 Å². The lowest BCUT2D eigenvalue weighted by Gasteiger charge is -2.12. The van der Waals surface area contributed by atoms with Crippen molar-refractivity contribution < 1.29 is 17.6 Å². The number of anilines is 2. The highest BCUT2D eigenvalue weighted by Gasteiger charge is 2.20. The van der Waals surface area contributed by atoms with Crippen LogP contribution in [0, 0.1) is 5.82 Å². The molecule has 0 saturated carbocycles. The van der Waals surface area contributed by atoms with E-state index >= 15 is 0 Å². The molecule has 0 aliphatic rings. The van der Waals surface area contributed by atoms with Gasteiger partial charge in [0.25, 0.3) is 15.9 Å². The molecule has 0 atom stereocenters. The normalized spacial score (nSPS) is 11.1. The van der Waals surface area contributed by atoms with Crippen molar-refractivity contribution in [3.8, 4) is 0 Å². The number of carbonyl (C=O) groups is 1. The highest BCUT2D eigenvalue weighted by Crippen LogP contribution is 2.24. The lowest BCUT2D eigenvalue weighted by molar-refractivity contribution is 0.100. The number of hydrogen-bond donors (Lipinski definition) is 3. The molecule has 0 heterocycles. The van der Waals surface area contributed by atoms with Gasteiger partial charge in [-0.25, -0.2) is 12.8 Å². The Kier molecular flexibility index (Phi) is 3.81. The Hall–Kier alpha value is -2.61. The Labute approximate surface area is 120 Å². The first-order valence-corrected chi connectivity index (χ1v) is 7.26. The Morgan fingerprint density at radius 2 is 1.81 bits per heavy atom. The summed E-state index contributed by atoms with van der Waals surface area (Å²) in [5.41, 5.74) is 10.5. The maximum Gasteiger partial charge on any atom is 0.263 e. The van der Waals surface area contributed by atoms with E-state index < -0.39 is 21.7 Å². The number of primary amides is 1. The van der Waals surface area contributed by atoms with Gasteiger partial charge < -0.3 is 11.5 Å². The van der Waals surface area contributed by atoms with E-state index in [0.29, 0.717) is 0 Å². The van der Waals surface area contributed by atoms with Crippen molar-refractivity contribution in [3.05, 3.63) is 53.8 Å². The van der Waals surface area contributed by atoms with Crippen molar-refractivity contribution in [2.24, 2.45) is 5.73 Å². The third-order valence-corrected chi connectivity index (χ3v) is 4.14. The molecule has 0 aliphatic carbocycles. The fourth-order valence-corrected chi connectivity index (χ4v) is 2.94. The minimum absolute atomic E-state index is 0.0155. The second-order valence-electron chi connectivity index (χ2n) is 4.20. The zero-order valence-electron chi connectivity index (χ0n) is 10.7. The number of para-hydroxylation sites is 1. The van der Waals surface area contributed by atoms with E-state index in [2.05, 4.69) is 4.72 Å². The van der Waals surface area contributed by atoms with Gasteiger partial charge in [-0.3, -0.25) is 9.52 Å². The maximum absolute atomic E-state index is 13.0. The van der Waals surface area contributed by atoms with Gasteiger partial charge in [0.05, 0.1) is 16.9 Å². The summed E-state index contributed by atoms with van der Waals surface area (Å²) in [4.78, 5) is 11.0. The number of rotatable bonds is 4. The molecule has 0 fully saturated rings. The van der Waals surface area contributed by atoms with Crippen molar-refractivity contribution in [2.75, 3.05) is 10.5 Å². The molecule has 2 rings (SSSR count). The highest BCUT2D eigenvalue weighted by molar-refractivity contribution is 7.92. The number of nitrogens with two attached hydrogens (primary N) is 2. The van der Waals surface area contributed by atoms with Crippen molar-refractivity contribution >= 4 is 27.3 Å². The predicted molar refractivity (Wildman–Crippen MR) is 76.6 cm³/mol. The fraction of sp³-hybridized carbons (Fsp3) is 0. The van der Waals surface area contributed by atoms with Crippen LogP contribution < -0.4 is 16.2 Å². The zero-order chi connectivity index (χ0) is 15.6. The van der Waals surface area contributed by atoms with Crippen LogP contribution in [0.2, 0.25) is 0 Å². The molecule has 0 radical (unpaired) electrons. The lowest BCUT2D eigenvalue weighted by atomic mass is 10.2. The van der Waals surface area contributed by atoms with E-state index in [-0.39, 0.29) is 21.8 Å². The zero-order valence-corrected chi connectivity index (χ0v) is 11.5. The average molecular weight is 309 g/mol. The van der Waals surface area contributed by atoms with Crippen LogP contribution in [0.1, 0.15) is 10.4 Å². The van der Waals surface area contributed by atoms with E-state index in [1.54, 1.807) is 6.07 Å². The number of nitrogen functional groups attached to an aromatic ring is 1. The first-order chi connectivity index (χ1) is 9.81. The molecule has 2 aromatic rings. The molecule has 0 unspecified atom stereocenters. The molecule has 1 amide bonds. The predicted octanol–water partition coefficient (Wildman–Crippen LogP) is 1.31. The quantitative estimate of drug-likeness (QED) is 0.738. The monoisotopic (exact) mass is 309 g/mol. The fourth-order valence-electron chi connectivity index (χ4n) is 1.75. The smallest absolute Gasteiger partial charge is 0.263 e. The molecular formula is C13H12FN3O3S. The summed E-state index contributed by atoms with van der Waals surface area (Å²) in [6.07, 6.45) is 0. The van der Waals surface area contributed by atoms with Crippen LogP contribution in [0.15, 0.2) is 47.4 Å². The summed E-state index contributed by atoms with van der Waals surface area (Å²) in [5, 5.41) is 0. The number of hydrogen-bond acceptors (Lipinski definition) is 4. The summed E-state index contributed by atoms with van der Waals surface area (Å²) in [6, 6.07) is 8.77. The van der Waals surface area contributed by atoms with E-state index in [1.165, 1.54) is 18.2 Å². The van der Waals surface area contributed by atoms with Gasteiger partial charge in [-0.2, -0.15) is 0 Å². The van der Waals surface area contributed by atoms with Gasteiger partial charge in [0.1, 0.15) is 10.7 Å². The van der Waals surface area contributed by atoms with Gasteiger partial charge in [0.15, 0.2) is 0 Å². The van der Waals surface area contributed by atoms with Crippen LogP contribution in [0.25, 0.3) is 0 Å². The first-order valence-electron chi connectivity index (χ1n) is 5.78. The highest BCUT2D eigenvalue weighted by atomic mass is 32.2. The van der Waals surface area contributed by atoms with Crippen LogP contribution in [-0.4, -0.2) is 14.3 Å². The van der Waals surface area contributed by atoms with Crippen LogP contribution in [0.3, 0.4) is 0 Å². The number of sulfonamides is 1. The Bertz CT molecular complexity index is 806. The molecular weight excluding hydrogens is 297 g/mol. The molecule has 0 aliphatic heterocycles. The number of carbonyl (C=O) groups excluding carboxylic acids is 1. The standard InChI is InChI=1S/C13H12FN3O3S/c14-8-5-6-12(10(15)7-8)21(19,20)17-11-4-2-1-3-9(11)13(16)18/h1-7,17H,15H2,(H2,16,18). The van der Waals surface area contributed by atoms with Crippen molar-refractivity contribution in [2.45, 2.75) is 4.90 Å². The summed E-state index contributed by atoms with van der Waals surface area (Å²) in [7, 11) is -4.07. The summed E-state index contributed by atoms with van der Waals surface area (Å²) in [5.74, 6) is -1.43. The molecule has 0 spiro atoms. The van der Waals surface area contributed by atoms with Crippen LogP contribution in [-0.2, 0) is 10.0 Å². The number of amides is 1. The molecule has 6 nitrogen and oxygen atoms in total. The molecule has 0 saturated heterocycles. The van der Waals surface area contributed by atoms with Gasteiger partial charge in [-0.15, -0.1) is 0 Å². The summed E-state index contributed by atoms with van der Waals surface area (Å²) in [6.45, 7) is 0. The van der Waals surface area contributed by atoms with Crippen molar-refractivity contribution in [3.63, 3.8) is 0 Å². The van der Waals surface area contributed by atoms with Gasteiger partial charge in [0.2, 0.25) is 0 Å². The second kappa shape index (κ2) is 5.41. The average Bonchev–Trinajstić information content (AvgIpc) is 2.37. The van der Waals surface area contributed by atoms with Gasteiger partial charge in [0, 0.05) is 0 Å². The van der Waals surface area contributed by atoms with Crippen LogP contribution in [0.5, 0.6) is 0 Å². The third kappa shape index (κ3) is 3.11. The Balaban J connectivity index is 2.45. The molecule has 0 aromatic heterocycles. The van der Waals surface area contributed by atoms with Crippen LogP contribution in [0.4, 0.5) is 15.8 Å². The maximum atomic E-state index is 13.0. The topological polar surface area (TPSA) is 115 Å². The number of nitrogens with one attached hydrogen (secondary N) is 1. The summed E-state index contributed by atoms with van der Waals surface area (Å²) < 4.78 is 39.7. The van der Waals surface area contributed by atoms with Crippen molar-refractivity contribution in [1.29, 1.82) is 0 Å². The van der Waals surface area contributed by atoms with Crippen LogP contribution >= 0.6 is 0 Å². The van der Waals surface area contributed by atoms with Gasteiger partial charge in [-0.1, -0.05) is 12.1 Å². The largest absolute Gasteiger partial charge is 0.398 e. The van der Waals surface area contributed by atoms with Crippen molar-refractivity contribution in [1.82, 2.24) is 0 Å². The van der Waals surface area contributed by atoms with E-state index in [0.717, 1.165) is 18.2 Å². The molecule has 110 valence electrons. The Morgan fingerprint density at radius 3 is 2.43 bits per heavy atom. The molecule has 8 heteroatoms. The molecule has 2 aromatic carbocycles. The number of benzene rings is 2. The second-order valence-corrected chi connectivity index (χ2v) is 5.85. The Morgan fingerprint density at radius 1 is 1.14 bits per heavy atom. The van der Waals surface area contributed by atoms with E-state index in [4.69, 9.17) is 11.5 Å². The first kappa shape index (κ1) is 14.8. The van der Waals surface area contributed by atoms with E-state index in [9.17, 15) is 17.6 Å². The van der Waals surface area contributed by atoms with E-state index in [1.807, 2.05) is 0 Å². The minimum atomic E-state index is -4.07. The molecule has 0 bridgehead atoms.